The number of nitrogens with zero attached hydrogens (tertiary/aromatic N) is 4. The summed E-state index contributed by atoms with van der Waals surface area (Å²) in [7, 11) is 0. The fourth-order valence-corrected chi connectivity index (χ4v) is 0.418. The Kier molecular flexibility index (Phi) is 1.17. The zero-order valence-corrected chi connectivity index (χ0v) is 4.37. The van der Waals surface area contributed by atoms with E-state index >= 15 is 0 Å². The summed E-state index contributed by atoms with van der Waals surface area (Å²) in [6.07, 6.45) is 5.40. The van der Waals surface area contributed by atoms with E-state index in [-0.39, 0.29) is 5.82 Å². The molecule has 4 heteroatoms. The van der Waals surface area contributed by atoms with Gasteiger partial charge in [-0.1, -0.05) is 0 Å². The van der Waals surface area contributed by atoms with Crippen LogP contribution in [-0.2, 0) is 0 Å². The van der Waals surface area contributed by atoms with E-state index in [1.165, 1.54) is 6.20 Å². The van der Waals surface area contributed by atoms with E-state index in [1.54, 1.807) is 12.3 Å². The van der Waals surface area contributed by atoms with E-state index in [0.29, 0.717) is 0 Å². The Morgan fingerprint density at radius 3 is 2.89 bits per heavy atom. The lowest BCUT2D eigenvalue weighted by Gasteiger charge is -1.80. The Morgan fingerprint density at radius 1 is 1.67 bits per heavy atom. The van der Waals surface area contributed by atoms with Crippen molar-refractivity contribution >= 4 is 0 Å². The third-order valence-corrected chi connectivity index (χ3v) is 0.793. The minimum Gasteiger partial charge on any atom is -0.227 e. The first-order valence-corrected chi connectivity index (χ1v) is 2.14. The number of aromatic nitrogens is 2. The van der Waals surface area contributed by atoms with Gasteiger partial charge < -0.3 is 0 Å². The minimum atomic E-state index is 0.0671. The summed E-state index contributed by atoms with van der Waals surface area (Å²) >= 11 is 0. The van der Waals surface area contributed by atoms with E-state index in [9.17, 15) is 0 Å². The molecule has 0 saturated heterocycles. The van der Waals surface area contributed by atoms with E-state index in [2.05, 4.69) is 11.2 Å². The molecule has 0 aliphatic heterocycles. The molecule has 9 heavy (non-hydrogen) atoms. The number of hydrogen-bond acceptors (Lipinski definition) is 3. The van der Waals surface area contributed by atoms with Gasteiger partial charge >= 0.3 is 0 Å². The highest BCUT2D eigenvalue weighted by Crippen LogP contribution is 1.89. The molecule has 1 aromatic heterocycles. The number of hydrogen-bond donors (Lipinski definition) is 0. The molecule has 0 amide bonds. The molecular weight excluding hydrogens is 116 g/mol. The monoisotopic (exact) mass is 117 g/mol. The summed E-state index contributed by atoms with van der Waals surface area (Å²) in [5, 5.41) is 16.5. The lowest BCUT2D eigenvalue weighted by molar-refractivity contribution is 1.04. The first-order chi connectivity index (χ1) is 4.38. The number of imidazole rings is 1. The van der Waals surface area contributed by atoms with Crippen LogP contribution < -0.4 is 0 Å². The van der Waals surface area contributed by atoms with Gasteiger partial charge in [-0.3, -0.25) is 0 Å². The van der Waals surface area contributed by atoms with Crippen LogP contribution in [0.3, 0.4) is 0 Å². The smallest absolute Gasteiger partial charge is 0.226 e. The summed E-state index contributed by atoms with van der Waals surface area (Å²) < 4.78 is 1.04. The van der Waals surface area contributed by atoms with E-state index < -0.39 is 0 Å². The average Bonchev–Trinajstić information content (AvgIpc) is 2.33. The molecule has 0 spiro atoms. The van der Waals surface area contributed by atoms with Crippen molar-refractivity contribution in [2.24, 2.45) is 0 Å². The molecule has 1 radical (unpaired) electrons. The highest BCUT2D eigenvalue weighted by atomic mass is 15.0. The van der Waals surface area contributed by atoms with Crippen LogP contribution in [0.1, 0.15) is 5.82 Å². The molecule has 1 heterocycles. The van der Waals surface area contributed by atoms with Crippen molar-refractivity contribution < 1.29 is 0 Å². The fraction of sp³-hybridized carbons (Fsp3) is 0. The van der Waals surface area contributed by atoms with Gasteiger partial charge in [-0.15, -0.1) is 0 Å². The van der Waals surface area contributed by atoms with Gasteiger partial charge in [-0.2, -0.15) is 10.5 Å². The molecule has 0 unspecified atom stereocenters. The van der Waals surface area contributed by atoms with Crippen molar-refractivity contribution in [3.8, 4) is 12.3 Å². The molecule has 0 saturated carbocycles. The predicted octanol–water partition coefficient (Wildman–Crippen LogP) is -0.116. The van der Waals surface area contributed by atoms with E-state index in [4.69, 9.17) is 10.5 Å². The van der Waals surface area contributed by atoms with Crippen LogP contribution >= 0.6 is 0 Å². The van der Waals surface area contributed by atoms with Gasteiger partial charge in [0.05, 0.1) is 6.20 Å². The van der Waals surface area contributed by atoms with Gasteiger partial charge in [-0.25, -0.2) is 9.55 Å². The molecule has 41 valence electrons. The second-order valence-corrected chi connectivity index (χ2v) is 1.28. The molecule has 0 atom stereocenters. The Bertz CT molecular complexity index is 256. The summed E-state index contributed by atoms with van der Waals surface area (Å²) in [5.74, 6) is 0.0671. The maximum absolute atomic E-state index is 8.24. The van der Waals surface area contributed by atoms with Crippen molar-refractivity contribution in [2.75, 3.05) is 0 Å². The van der Waals surface area contributed by atoms with E-state index in [0.717, 1.165) is 4.57 Å². The average molecular weight is 117 g/mol. The van der Waals surface area contributed by atoms with Gasteiger partial charge in [0.25, 0.3) is 0 Å². The second kappa shape index (κ2) is 1.97. The normalized spacial score (nSPS) is 7.78. The highest BCUT2D eigenvalue weighted by Gasteiger charge is 1.96. The molecule has 4 nitrogen and oxygen atoms in total. The summed E-state index contributed by atoms with van der Waals surface area (Å²) in [5.41, 5.74) is 0. The number of rotatable bonds is 0. The first-order valence-electron chi connectivity index (χ1n) is 2.14. The summed E-state index contributed by atoms with van der Waals surface area (Å²) in [6.45, 7) is 0. The standard InChI is InChI=1S/C5HN4/c6-3-5-8-1-2-9(5)4-7/h2H. The zero-order chi connectivity index (χ0) is 6.69. The predicted molar refractivity (Wildman–Crippen MR) is 26.8 cm³/mol. The fourth-order valence-electron chi connectivity index (χ4n) is 0.418. The largest absolute Gasteiger partial charge is 0.227 e. The van der Waals surface area contributed by atoms with Crippen LogP contribution in [-0.4, -0.2) is 9.55 Å². The zero-order valence-electron chi connectivity index (χ0n) is 4.37. The second-order valence-electron chi connectivity index (χ2n) is 1.28. The molecule has 0 fully saturated rings. The lowest BCUT2D eigenvalue weighted by atomic mass is 10.7. The number of nitriles is 2. The van der Waals surface area contributed by atoms with Crippen LogP contribution in [0.2, 0.25) is 0 Å². The van der Waals surface area contributed by atoms with E-state index in [1.807, 2.05) is 0 Å². The van der Waals surface area contributed by atoms with Crippen molar-refractivity contribution in [3.63, 3.8) is 0 Å². The van der Waals surface area contributed by atoms with Gasteiger partial charge in [0.1, 0.15) is 12.3 Å². The molecule has 0 bridgehead atoms. The van der Waals surface area contributed by atoms with Gasteiger partial charge in [0.2, 0.25) is 5.82 Å². The van der Waals surface area contributed by atoms with Gasteiger partial charge in [-0.05, 0) is 0 Å². The highest BCUT2D eigenvalue weighted by molar-refractivity contribution is 5.14. The van der Waals surface area contributed by atoms with Crippen LogP contribution in [0.25, 0.3) is 0 Å². The molecule has 0 aromatic carbocycles. The van der Waals surface area contributed by atoms with Crippen molar-refractivity contribution in [1.82, 2.24) is 9.55 Å². The molecule has 0 aliphatic carbocycles. The quantitative estimate of drug-likeness (QED) is 0.476. The molecule has 0 N–H and O–H groups in total. The molecule has 1 rings (SSSR count). The summed E-state index contributed by atoms with van der Waals surface area (Å²) in [4.78, 5) is 3.46. The third-order valence-electron chi connectivity index (χ3n) is 0.793. The Labute approximate surface area is 51.6 Å². The summed E-state index contributed by atoms with van der Waals surface area (Å²) in [6, 6.07) is 1.72. The molecule has 0 aliphatic rings. The Balaban J connectivity index is 3.22. The van der Waals surface area contributed by atoms with Crippen LogP contribution in [0.4, 0.5) is 0 Å². The van der Waals surface area contributed by atoms with Crippen molar-refractivity contribution in [1.29, 1.82) is 10.5 Å². The minimum absolute atomic E-state index is 0.0671. The maximum Gasteiger partial charge on any atom is 0.226 e. The van der Waals surface area contributed by atoms with Gasteiger partial charge in [0.15, 0.2) is 6.19 Å². The van der Waals surface area contributed by atoms with Crippen molar-refractivity contribution in [3.05, 3.63) is 18.2 Å². The van der Waals surface area contributed by atoms with Crippen molar-refractivity contribution in [2.45, 2.75) is 0 Å². The van der Waals surface area contributed by atoms with Crippen LogP contribution in [0.15, 0.2) is 6.20 Å². The molecular formula is C5HN4. The Morgan fingerprint density at radius 2 is 2.44 bits per heavy atom. The van der Waals surface area contributed by atoms with Crippen LogP contribution in [0.5, 0.6) is 0 Å². The lowest BCUT2D eigenvalue weighted by Crippen LogP contribution is -1.89. The topological polar surface area (TPSA) is 65.4 Å². The molecule has 1 aromatic rings. The van der Waals surface area contributed by atoms with Crippen LogP contribution in [0, 0.1) is 29.0 Å². The maximum atomic E-state index is 8.24. The SMILES string of the molecule is N#Cc1n[c]cn1C#N. The Hall–Kier alpha value is -1.81. The van der Waals surface area contributed by atoms with Gasteiger partial charge in [0, 0.05) is 0 Å². The third kappa shape index (κ3) is 0.731. The first kappa shape index (κ1) is 5.33.